The summed E-state index contributed by atoms with van der Waals surface area (Å²) in [4.78, 5) is 11.5. The van der Waals surface area contributed by atoms with Crippen LogP contribution < -0.4 is 5.32 Å². The van der Waals surface area contributed by atoms with Crippen LogP contribution in [-0.2, 0) is 9.53 Å². The topological polar surface area (TPSA) is 38.3 Å². The summed E-state index contributed by atoms with van der Waals surface area (Å²) in [6.07, 6.45) is 0. The molecule has 0 radical (unpaired) electrons. The standard InChI is InChI=1S/C14H21NO2/c1-11(12-8-6-5-7-9-12)15-10-14(2,3)13(16)17-4/h5-9,11,15H,10H2,1-4H3/t11-/m1/s1. The monoisotopic (exact) mass is 235 g/mol. The van der Waals surface area contributed by atoms with Gasteiger partial charge in [0, 0.05) is 12.6 Å². The van der Waals surface area contributed by atoms with Crippen LogP contribution in [0.1, 0.15) is 32.4 Å². The van der Waals surface area contributed by atoms with E-state index < -0.39 is 5.41 Å². The van der Waals surface area contributed by atoms with Gasteiger partial charge < -0.3 is 10.1 Å². The highest BCUT2D eigenvalue weighted by Gasteiger charge is 2.28. The van der Waals surface area contributed by atoms with Crippen molar-refractivity contribution in [1.82, 2.24) is 5.32 Å². The number of carbonyl (C=O) groups excluding carboxylic acids is 1. The lowest BCUT2D eigenvalue weighted by molar-refractivity contribution is -0.150. The molecule has 1 rings (SSSR count). The third kappa shape index (κ3) is 3.86. The van der Waals surface area contributed by atoms with Gasteiger partial charge in [0.2, 0.25) is 0 Å². The van der Waals surface area contributed by atoms with Crippen LogP contribution in [0.4, 0.5) is 0 Å². The lowest BCUT2D eigenvalue weighted by atomic mass is 9.93. The molecule has 0 bridgehead atoms. The van der Waals surface area contributed by atoms with Gasteiger partial charge in [-0.2, -0.15) is 0 Å². The molecule has 0 heterocycles. The van der Waals surface area contributed by atoms with Crippen molar-refractivity contribution in [2.24, 2.45) is 5.41 Å². The van der Waals surface area contributed by atoms with E-state index in [-0.39, 0.29) is 12.0 Å². The van der Waals surface area contributed by atoms with Crippen molar-refractivity contribution in [3.8, 4) is 0 Å². The summed E-state index contributed by atoms with van der Waals surface area (Å²) in [5, 5.41) is 3.35. The molecule has 1 aromatic rings. The molecule has 94 valence electrons. The Balaban J connectivity index is 2.54. The van der Waals surface area contributed by atoms with E-state index in [2.05, 4.69) is 24.4 Å². The van der Waals surface area contributed by atoms with Gasteiger partial charge >= 0.3 is 5.97 Å². The van der Waals surface area contributed by atoms with Crippen molar-refractivity contribution >= 4 is 5.97 Å². The summed E-state index contributed by atoms with van der Waals surface area (Å²) in [5.41, 5.74) is 0.714. The number of carbonyl (C=O) groups is 1. The van der Waals surface area contributed by atoms with Crippen LogP contribution in [0.15, 0.2) is 30.3 Å². The van der Waals surface area contributed by atoms with Crippen LogP contribution in [0, 0.1) is 5.41 Å². The van der Waals surface area contributed by atoms with Crippen molar-refractivity contribution in [2.75, 3.05) is 13.7 Å². The Kier molecular flexibility index (Phi) is 4.70. The SMILES string of the molecule is COC(=O)C(C)(C)CN[C@H](C)c1ccccc1. The predicted molar refractivity (Wildman–Crippen MR) is 68.7 cm³/mol. The van der Waals surface area contributed by atoms with E-state index in [0.29, 0.717) is 6.54 Å². The second kappa shape index (κ2) is 5.82. The summed E-state index contributed by atoms with van der Waals surface area (Å²) in [5.74, 6) is -0.190. The van der Waals surface area contributed by atoms with Gasteiger partial charge in [0.25, 0.3) is 0 Å². The number of nitrogens with one attached hydrogen (secondary N) is 1. The summed E-state index contributed by atoms with van der Waals surface area (Å²) < 4.78 is 4.77. The minimum Gasteiger partial charge on any atom is -0.469 e. The number of hydrogen-bond donors (Lipinski definition) is 1. The second-order valence-corrected chi connectivity index (χ2v) is 4.89. The Labute approximate surface area is 103 Å². The number of benzene rings is 1. The number of ether oxygens (including phenoxy) is 1. The molecule has 1 N–H and O–H groups in total. The molecule has 0 aromatic heterocycles. The fraction of sp³-hybridized carbons (Fsp3) is 0.500. The first-order valence-corrected chi connectivity index (χ1v) is 5.84. The Morgan fingerprint density at radius 2 is 1.94 bits per heavy atom. The Morgan fingerprint density at radius 1 is 1.35 bits per heavy atom. The van der Waals surface area contributed by atoms with Gasteiger partial charge in [-0.3, -0.25) is 4.79 Å². The molecule has 1 aromatic carbocycles. The number of rotatable bonds is 5. The average molecular weight is 235 g/mol. The van der Waals surface area contributed by atoms with E-state index in [1.807, 2.05) is 32.0 Å². The molecule has 3 heteroatoms. The van der Waals surface area contributed by atoms with E-state index in [1.165, 1.54) is 12.7 Å². The molecule has 0 spiro atoms. The van der Waals surface area contributed by atoms with Crippen molar-refractivity contribution < 1.29 is 9.53 Å². The zero-order valence-corrected chi connectivity index (χ0v) is 11.0. The maximum absolute atomic E-state index is 11.5. The van der Waals surface area contributed by atoms with E-state index in [0.717, 1.165) is 0 Å². The summed E-state index contributed by atoms with van der Waals surface area (Å²) >= 11 is 0. The maximum Gasteiger partial charge on any atom is 0.312 e. The Bertz CT molecular complexity index is 360. The fourth-order valence-corrected chi connectivity index (χ4v) is 1.62. The van der Waals surface area contributed by atoms with Crippen LogP contribution in [0.25, 0.3) is 0 Å². The van der Waals surface area contributed by atoms with Crippen molar-refractivity contribution in [3.63, 3.8) is 0 Å². The highest BCUT2D eigenvalue weighted by molar-refractivity contribution is 5.76. The molecule has 0 saturated carbocycles. The highest BCUT2D eigenvalue weighted by atomic mass is 16.5. The quantitative estimate of drug-likeness (QED) is 0.797. The smallest absolute Gasteiger partial charge is 0.312 e. The molecule has 0 aliphatic rings. The molecule has 3 nitrogen and oxygen atoms in total. The third-order valence-electron chi connectivity index (χ3n) is 2.89. The van der Waals surface area contributed by atoms with Gasteiger partial charge in [-0.25, -0.2) is 0 Å². The van der Waals surface area contributed by atoms with Crippen molar-refractivity contribution in [3.05, 3.63) is 35.9 Å². The lowest BCUT2D eigenvalue weighted by Crippen LogP contribution is -2.37. The second-order valence-electron chi connectivity index (χ2n) is 4.89. The maximum atomic E-state index is 11.5. The first kappa shape index (κ1) is 13.7. The van der Waals surface area contributed by atoms with Gasteiger partial charge in [0.05, 0.1) is 12.5 Å². The molecule has 0 aliphatic heterocycles. The zero-order valence-electron chi connectivity index (χ0n) is 11.0. The number of methoxy groups -OCH3 is 1. The molecule has 0 fully saturated rings. The van der Waals surface area contributed by atoms with Gasteiger partial charge in [-0.1, -0.05) is 30.3 Å². The summed E-state index contributed by atoms with van der Waals surface area (Å²) in [6.45, 7) is 6.44. The normalized spacial score (nSPS) is 13.2. The minimum atomic E-state index is -0.502. The van der Waals surface area contributed by atoms with E-state index in [9.17, 15) is 4.79 Å². The fourth-order valence-electron chi connectivity index (χ4n) is 1.62. The van der Waals surface area contributed by atoms with Crippen LogP contribution >= 0.6 is 0 Å². The Morgan fingerprint density at radius 3 is 2.47 bits per heavy atom. The molecular formula is C14H21NO2. The summed E-state index contributed by atoms with van der Waals surface area (Å²) in [7, 11) is 1.42. The first-order valence-electron chi connectivity index (χ1n) is 5.84. The first-order chi connectivity index (χ1) is 7.97. The third-order valence-corrected chi connectivity index (χ3v) is 2.89. The van der Waals surface area contributed by atoms with Crippen LogP contribution in [-0.4, -0.2) is 19.6 Å². The molecule has 0 unspecified atom stereocenters. The van der Waals surface area contributed by atoms with Crippen molar-refractivity contribution in [2.45, 2.75) is 26.8 Å². The Hall–Kier alpha value is -1.35. The predicted octanol–water partition coefficient (Wildman–Crippen LogP) is 2.54. The molecule has 0 aliphatic carbocycles. The number of esters is 1. The van der Waals surface area contributed by atoms with E-state index in [1.54, 1.807) is 0 Å². The number of hydrogen-bond acceptors (Lipinski definition) is 3. The van der Waals surface area contributed by atoms with E-state index >= 15 is 0 Å². The van der Waals surface area contributed by atoms with Crippen molar-refractivity contribution in [1.29, 1.82) is 0 Å². The molecule has 0 amide bonds. The average Bonchev–Trinajstić information content (AvgIpc) is 2.36. The van der Waals surface area contributed by atoms with Crippen LogP contribution in [0.5, 0.6) is 0 Å². The summed E-state index contributed by atoms with van der Waals surface area (Å²) in [6, 6.07) is 10.4. The molecule has 1 atom stereocenters. The van der Waals surface area contributed by atoms with Gasteiger partial charge in [-0.15, -0.1) is 0 Å². The largest absolute Gasteiger partial charge is 0.469 e. The van der Waals surface area contributed by atoms with Gasteiger partial charge in [-0.05, 0) is 26.3 Å². The molecule has 17 heavy (non-hydrogen) atoms. The highest BCUT2D eigenvalue weighted by Crippen LogP contribution is 2.18. The molecule has 0 saturated heterocycles. The van der Waals surface area contributed by atoms with Gasteiger partial charge in [0.15, 0.2) is 0 Å². The minimum absolute atomic E-state index is 0.190. The van der Waals surface area contributed by atoms with Crippen LogP contribution in [0.2, 0.25) is 0 Å². The zero-order chi connectivity index (χ0) is 12.9. The van der Waals surface area contributed by atoms with Gasteiger partial charge in [0.1, 0.15) is 0 Å². The lowest BCUT2D eigenvalue weighted by Gasteiger charge is -2.24. The molecular weight excluding hydrogens is 214 g/mol. The van der Waals surface area contributed by atoms with Crippen LogP contribution in [0.3, 0.4) is 0 Å². The van der Waals surface area contributed by atoms with E-state index in [4.69, 9.17) is 4.74 Å².